The zero-order chi connectivity index (χ0) is 18.4. The van der Waals surface area contributed by atoms with E-state index in [2.05, 4.69) is 6.58 Å². The topological polar surface area (TPSA) is 54.0 Å². The second-order valence-corrected chi connectivity index (χ2v) is 6.91. The Hall–Kier alpha value is -1.92. The number of benzene rings is 1. The molecule has 3 rings (SSSR count). The Balaban J connectivity index is 2.07. The van der Waals surface area contributed by atoms with E-state index in [4.69, 9.17) is 30.4 Å². The summed E-state index contributed by atoms with van der Waals surface area (Å²) in [6, 6.07) is 3.50. The van der Waals surface area contributed by atoms with Crippen LogP contribution in [0.4, 0.5) is 0 Å². The summed E-state index contributed by atoms with van der Waals surface area (Å²) in [6.07, 6.45) is 0.970. The van der Waals surface area contributed by atoms with Gasteiger partial charge in [-0.05, 0) is 26.0 Å². The van der Waals surface area contributed by atoms with Crippen LogP contribution < -0.4 is 10.2 Å². The lowest BCUT2D eigenvalue weighted by Crippen LogP contribution is -2.34. The number of allylic oxidation sites excluding steroid dienone is 2. The van der Waals surface area contributed by atoms with Gasteiger partial charge in [-0.3, -0.25) is 4.79 Å². The van der Waals surface area contributed by atoms with E-state index in [0.717, 1.165) is 0 Å². The van der Waals surface area contributed by atoms with Gasteiger partial charge >= 0.3 is 7.12 Å². The van der Waals surface area contributed by atoms with Crippen LogP contribution in [0, 0.1) is 0 Å². The van der Waals surface area contributed by atoms with Crippen molar-refractivity contribution in [1.29, 1.82) is 0 Å². The lowest BCUT2D eigenvalue weighted by molar-refractivity contribution is -0.113. The summed E-state index contributed by atoms with van der Waals surface area (Å²) in [5.74, 6) is 1.64. The highest BCUT2D eigenvalue weighted by atomic mass is 35.5. The van der Waals surface area contributed by atoms with Gasteiger partial charge in [0.2, 0.25) is 0 Å². The van der Waals surface area contributed by atoms with Crippen molar-refractivity contribution in [2.75, 3.05) is 14.2 Å². The highest BCUT2D eigenvalue weighted by Crippen LogP contribution is 2.40. The van der Waals surface area contributed by atoms with Gasteiger partial charge in [0, 0.05) is 23.9 Å². The van der Waals surface area contributed by atoms with Crippen LogP contribution in [0.5, 0.6) is 5.75 Å². The molecule has 1 fully saturated rings. The Morgan fingerprint density at radius 2 is 1.96 bits per heavy atom. The van der Waals surface area contributed by atoms with Gasteiger partial charge in [-0.25, -0.2) is 0 Å². The van der Waals surface area contributed by atoms with Crippen molar-refractivity contribution >= 4 is 35.5 Å². The van der Waals surface area contributed by atoms with Gasteiger partial charge in [0.1, 0.15) is 17.1 Å². The summed E-state index contributed by atoms with van der Waals surface area (Å²) >= 11 is 6.51. The fourth-order valence-corrected chi connectivity index (χ4v) is 3.33. The Labute approximate surface area is 152 Å². The van der Waals surface area contributed by atoms with Crippen molar-refractivity contribution in [3.63, 3.8) is 0 Å². The van der Waals surface area contributed by atoms with Gasteiger partial charge in [-0.15, -0.1) is 0 Å². The number of Topliss-reactive ketones (excluding diaryl/α,β-unsaturated/α-hetero) is 1. The maximum absolute atomic E-state index is 12.3. The molecule has 1 aromatic rings. The van der Waals surface area contributed by atoms with E-state index in [1.54, 1.807) is 19.2 Å². The van der Waals surface area contributed by atoms with Crippen molar-refractivity contribution in [3.8, 4) is 5.75 Å². The molecule has 1 saturated heterocycles. The maximum Gasteiger partial charge on any atom is 0.563 e. The van der Waals surface area contributed by atoms with E-state index in [1.165, 1.54) is 7.11 Å². The minimum absolute atomic E-state index is 0.00678. The summed E-state index contributed by atoms with van der Waals surface area (Å²) in [6.45, 7) is 7.65. The first-order chi connectivity index (χ1) is 11.8. The zero-order valence-corrected chi connectivity index (χ0v) is 15.5. The van der Waals surface area contributed by atoms with Crippen LogP contribution in [-0.4, -0.2) is 32.7 Å². The van der Waals surface area contributed by atoms with Crippen LogP contribution in [-0.2, 0) is 18.8 Å². The minimum Gasteiger partial charge on any atom is -0.534 e. The summed E-state index contributed by atoms with van der Waals surface area (Å²) in [7, 11) is 2.46. The van der Waals surface area contributed by atoms with Crippen molar-refractivity contribution < 1.29 is 23.6 Å². The molecule has 0 spiro atoms. The quantitative estimate of drug-likeness (QED) is 0.770. The number of carbonyl (C=O) groups excluding carboxylic acids is 1. The summed E-state index contributed by atoms with van der Waals surface area (Å²) < 4.78 is 22.5. The molecule has 0 aromatic heterocycles. The third-order valence-corrected chi connectivity index (χ3v) is 4.82. The fraction of sp³-hybridized carbons (Fsp3) is 0.389. The molecule has 1 aliphatic heterocycles. The third-order valence-electron chi connectivity index (χ3n) is 4.52. The standard InChI is InChI=1S/C18H20BClO5/c1-10-18(2,3)25-19(24-10)11-8-12(20)16(15(9-11)23-5)17-13(21)6-7-14(17)22-4/h8-9H,1,6-7H2,2-5H3. The van der Waals surface area contributed by atoms with E-state index in [-0.39, 0.29) is 5.78 Å². The molecule has 25 heavy (non-hydrogen) atoms. The Bertz CT molecular complexity index is 784. The molecule has 0 atom stereocenters. The monoisotopic (exact) mass is 362 g/mol. The average Bonchev–Trinajstić information content (AvgIpc) is 3.06. The summed E-state index contributed by atoms with van der Waals surface area (Å²) in [5, 5.41) is 0.386. The molecule has 1 heterocycles. The lowest BCUT2D eigenvalue weighted by atomic mass is 9.78. The molecule has 5 nitrogen and oxygen atoms in total. The van der Waals surface area contributed by atoms with Crippen LogP contribution in [0.2, 0.25) is 5.02 Å². The first-order valence-electron chi connectivity index (χ1n) is 8.00. The van der Waals surface area contributed by atoms with Gasteiger partial charge in [-0.1, -0.05) is 18.2 Å². The molecule has 0 saturated carbocycles. The normalized spacial score (nSPS) is 19.5. The maximum atomic E-state index is 12.3. The Kier molecular flexibility index (Phi) is 4.60. The molecular weight excluding hydrogens is 342 g/mol. The highest BCUT2D eigenvalue weighted by molar-refractivity contribution is 6.63. The molecule has 0 amide bonds. The van der Waals surface area contributed by atoms with E-state index >= 15 is 0 Å². The Morgan fingerprint density at radius 1 is 1.24 bits per heavy atom. The molecule has 0 radical (unpaired) electrons. The number of hydrogen-bond acceptors (Lipinski definition) is 5. The molecule has 132 valence electrons. The lowest BCUT2D eigenvalue weighted by Gasteiger charge is -2.17. The molecule has 0 unspecified atom stereocenters. The smallest absolute Gasteiger partial charge is 0.534 e. The number of halogens is 1. The first kappa shape index (κ1) is 17.9. The number of rotatable bonds is 4. The SMILES string of the molecule is C=C1OB(c2cc(Cl)c(C3=C(OC)CCC3=O)c(OC)c2)OC1(C)C. The number of ketones is 1. The number of carbonyl (C=O) groups is 1. The van der Waals surface area contributed by atoms with Crippen molar-refractivity contribution in [3.05, 3.63) is 40.8 Å². The van der Waals surface area contributed by atoms with Crippen LogP contribution in [0.25, 0.3) is 5.57 Å². The average molecular weight is 363 g/mol. The molecule has 7 heteroatoms. The number of ether oxygens (including phenoxy) is 2. The van der Waals surface area contributed by atoms with Crippen LogP contribution in [0.3, 0.4) is 0 Å². The second kappa shape index (κ2) is 6.43. The molecule has 1 aromatic carbocycles. The van der Waals surface area contributed by atoms with Crippen LogP contribution >= 0.6 is 11.6 Å². The van der Waals surface area contributed by atoms with Crippen molar-refractivity contribution in [1.82, 2.24) is 0 Å². The molecule has 2 aliphatic rings. The van der Waals surface area contributed by atoms with E-state index in [9.17, 15) is 4.79 Å². The third kappa shape index (κ3) is 3.05. The largest absolute Gasteiger partial charge is 0.563 e. The molecule has 1 aliphatic carbocycles. The predicted octanol–water partition coefficient (Wildman–Crippen LogP) is 3.10. The Morgan fingerprint density at radius 3 is 2.52 bits per heavy atom. The molecule has 0 N–H and O–H groups in total. The van der Waals surface area contributed by atoms with E-state index in [1.807, 2.05) is 13.8 Å². The number of hydrogen-bond donors (Lipinski definition) is 0. The summed E-state index contributed by atoms with van der Waals surface area (Å²) in [4.78, 5) is 12.3. The van der Waals surface area contributed by atoms with Gasteiger partial charge < -0.3 is 18.8 Å². The molecular formula is C18H20BClO5. The van der Waals surface area contributed by atoms with Gasteiger partial charge in [0.05, 0.1) is 30.6 Å². The number of methoxy groups -OCH3 is 2. The molecule has 0 bridgehead atoms. The highest BCUT2D eigenvalue weighted by Gasteiger charge is 2.43. The van der Waals surface area contributed by atoms with Crippen LogP contribution in [0.1, 0.15) is 32.3 Å². The van der Waals surface area contributed by atoms with Gasteiger partial charge in [-0.2, -0.15) is 0 Å². The zero-order valence-electron chi connectivity index (χ0n) is 14.8. The van der Waals surface area contributed by atoms with Gasteiger partial charge in [0.25, 0.3) is 0 Å². The van der Waals surface area contributed by atoms with E-state index < -0.39 is 12.7 Å². The van der Waals surface area contributed by atoms with E-state index in [0.29, 0.717) is 51.7 Å². The first-order valence-corrected chi connectivity index (χ1v) is 8.38. The van der Waals surface area contributed by atoms with Crippen molar-refractivity contribution in [2.24, 2.45) is 0 Å². The minimum atomic E-state index is -0.627. The second-order valence-electron chi connectivity index (χ2n) is 6.51. The fourth-order valence-electron chi connectivity index (χ4n) is 3.02. The van der Waals surface area contributed by atoms with Gasteiger partial charge in [0.15, 0.2) is 5.78 Å². The summed E-state index contributed by atoms with van der Waals surface area (Å²) in [5.41, 5.74) is 1.13. The van der Waals surface area contributed by atoms with Crippen LogP contribution in [0.15, 0.2) is 30.2 Å². The van der Waals surface area contributed by atoms with Crippen molar-refractivity contribution in [2.45, 2.75) is 32.3 Å². The predicted molar refractivity (Wildman–Crippen MR) is 97.0 cm³/mol.